The number of amides is 1. The molecule has 1 atom stereocenters. The lowest BCUT2D eigenvalue weighted by atomic mass is 10.1. The highest BCUT2D eigenvalue weighted by molar-refractivity contribution is 7.89. The minimum absolute atomic E-state index is 0.111. The number of rotatable bonds is 8. The van der Waals surface area contributed by atoms with Gasteiger partial charge in [-0.2, -0.15) is 0 Å². The molecule has 1 saturated heterocycles. The third-order valence-electron chi connectivity index (χ3n) is 5.09. The van der Waals surface area contributed by atoms with E-state index < -0.39 is 32.8 Å². The van der Waals surface area contributed by atoms with Gasteiger partial charge in [-0.15, -0.1) is 0 Å². The molecule has 1 amide bonds. The Morgan fingerprint density at radius 3 is 2.47 bits per heavy atom. The molecular weight excluding hydrogens is 462 g/mol. The van der Waals surface area contributed by atoms with Crippen LogP contribution in [-0.2, 0) is 10.0 Å². The average Bonchev–Trinajstić information content (AvgIpc) is 2.75. The molecule has 0 spiro atoms. The molecule has 0 radical (unpaired) electrons. The molecule has 10 nitrogen and oxygen atoms in total. The molecule has 0 aliphatic carbocycles. The smallest absolute Gasteiger partial charge is 0.405 e. The van der Waals surface area contributed by atoms with E-state index in [2.05, 4.69) is 5.32 Å². The standard InChI is InChI=1S/C20H22ClN3O7S/c21-17-12-15(24(27)28)6-7-19(17)31-16-8-10-23(11-9-16)32(29,30)13-18(22-20(25)26)14-4-2-1-3-5-14/h1-7,12,16,18,22H,8-11,13H2,(H,25,26). The summed E-state index contributed by atoms with van der Waals surface area (Å²) in [5, 5.41) is 22.3. The van der Waals surface area contributed by atoms with Crippen LogP contribution in [0.25, 0.3) is 0 Å². The highest BCUT2D eigenvalue weighted by Gasteiger charge is 2.32. The van der Waals surface area contributed by atoms with Gasteiger partial charge in [-0.3, -0.25) is 10.1 Å². The zero-order valence-electron chi connectivity index (χ0n) is 16.9. The average molecular weight is 484 g/mol. The van der Waals surface area contributed by atoms with Crippen molar-refractivity contribution in [1.29, 1.82) is 0 Å². The predicted octanol–water partition coefficient (Wildman–Crippen LogP) is 3.43. The van der Waals surface area contributed by atoms with Crippen molar-refractivity contribution in [2.45, 2.75) is 25.0 Å². The summed E-state index contributed by atoms with van der Waals surface area (Å²) in [6.07, 6.45) is -0.812. The van der Waals surface area contributed by atoms with Crippen LogP contribution in [-0.4, -0.2) is 53.8 Å². The minimum atomic E-state index is -3.74. The Hall–Kier alpha value is -2.89. The first-order valence-electron chi connectivity index (χ1n) is 9.78. The molecule has 2 aromatic carbocycles. The molecule has 1 fully saturated rings. The number of nitro benzene ring substituents is 1. The molecule has 172 valence electrons. The van der Waals surface area contributed by atoms with Gasteiger partial charge in [0.15, 0.2) is 0 Å². The van der Waals surface area contributed by atoms with E-state index in [9.17, 15) is 23.3 Å². The maximum absolute atomic E-state index is 12.9. The van der Waals surface area contributed by atoms with E-state index >= 15 is 0 Å². The number of hydrogen-bond donors (Lipinski definition) is 2. The van der Waals surface area contributed by atoms with Crippen LogP contribution in [0.2, 0.25) is 5.02 Å². The molecule has 3 rings (SSSR count). The fourth-order valence-electron chi connectivity index (χ4n) is 3.48. The Bertz CT molecular complexity index is 1070. The molecule has 2 N–H and O–H groups in total. The number of nitrogens with one attached hydrogen (secondary N) is 1. The van der Waals surface area contributed by atoms with Gasteiger partial charge in [0.25, 0.3) is 5.69 Å². The van der Waals surface area contributed by atoms with Gasteiger partial charge in [0.1, 0.15) is 11.9 Å². The Kier molecular flexibility index (Phi) is 7.54. The number of carboxylic acid groups (broad SMARTS) is 1. The highest BCUT2D eigenvalue weighted by Crippen LogP contribution is 2.31. The zero-order chi connectivity index (χ0) is 23.3. The van der Waals surface area contributed by atoms with Gasteiger partial charge in [0.05, 0.1) is 21.7 Å². The lowest BCUT2D eigenvalue weighted by Gasteiger charge is -2.32. The Balaban J connectivity index is 1.62. The summed E-state index contributed by atoms with van der Waals surface area (Å²) in [5.74, 6) is -0.100. The Morgan fingerprint density at radius 1 is 1.25 bits per heavy atom. The second-order valence-corrected chi connectivity index (χ2v) is 9.70. The first-order valence-corrected chi connectivity index (χ1v) is 11.8. The maximum Gasteiger partial charge on any atom is 0.405 e. The highest BCUT2D eigenvalue weighted by atomic mass is 35.5. The molecule has 32 heavy (non-hydrogen) atoms. The quantitative estimate of drug-likeness (QED) is 0.433. The number of carbonyl (C=O) groups is 1. The van der Waals surface area contributed by atoms with Crippen LogP contribution in [0.15, 0.2) is 48.5 Å². The largest absolute Gasteiger partial charge is 0.489 e. The van der Waals surface area contributed by atoms with Crippen LogP contribution in [0.4, 0.5) is 10.5 Å². The number of hydrogen-bond acceptors (Lipinski definition) is 6. The molecule has 0 aromatic heterocycles. The molecule has 0 saturated carbocycles. The van der Waals surface area contributed by atoms with Gasteiger partial charge in [0.2, 0.25) is 10.0 Å². The first-order chi connectivity index (χ1) is 15.2. The maximum atomic E-state index is 12.9. The zero-order valence-corrected chi connectivity index (χ0v) is 18.5. The number of nitro groups is 1. The van der Waals surface area contributed by atoms with E-state index in [1.165, 1.54) is 22.5 Å². The summed E-state index contributed by atoms with van der Waals surface area (Å²) in [4.78, 5) is 21.4. The van der Waals surface area contributed by atoms with E-state index in [1.807, 2.05) is 0 Å². The number of sulfonamides is 1. The van der Waals surface area contributed by atoms with Gasteiger partial charge in [-0.1, -0.05) is 41.9 Å². The SMILES string of the molecule is O=C(O)NC(CS(=O)(=O)N1CCC(Oc2ccc([N+](=O)[O-])cc2Cl)CC1)c1ccccc1. The second kappa shape index (κ2) is 10.2. The number of benzene rings is 2. The monoisotopic (exact) mass is 483 g/mol. The van der Waals surface area contributed by atoms with Gasteiger partial charge < -0.3 is 15.2 Å². The molecule has 1 heterocycles. The summed E-state index contributed by atoms with van der Waals surface area (Å²) in [6, 6.07) is 11.6. The van der Waals surface area contributed by atoms with Crippen molar-refractivity contribution in [3.8, 4) is 5.75 Å². The van der Waals surface area contributed by atoms with Crippen LogP contribution in [0.3, 0.4) is 0 Å². The molecule has 1 aliphatic rings. The first kappa shape index (κ1) is 23.8. The third kappa shape index (κ3) is 6.09. The van der Waals surface area contributed by atoms with Crippen molar-refractivity contribution in [2.75, 3.05) is 18.8 Å². The number of ether oxygens (including phenoxy) is 1. The Labute approximate surface area is 189 Å². The van der Waals surface area contributed by atoms with Crippen LogP contribution < -0.4 is 10.1 Å². The van der Waals surface area contributed by atoms with Gasteiger partial charge in [0, 0.05) is 25.2 Å². The van der Waals surface area contributed by atoms with E-state index in [-0.39, 0.29) is 29.9 Å². The minimum Gasteiger partial charge on any atom is -0.489 e. The van der Waals surface area contributed by atoms with Crippen molar-refractivity contribution in [3.63, 3.8) is 0 Å². The molecular formula is C20H22ClN3O7S. The summed E-state index contributed by atoms with van der Waals surface area (Å²) in [7, 11) is -3.74. The molecule has 2 aromatic rings. The summed E-state index contributed by atoms with van der Waals surface area (Å²) >= 11 is 6.06. The predicted molar refractivity (Wildman–Crippen MR) is 117 cm³/mol. The lowest BCUT2D eigenvalue weighted by Crippen LogP contribution is -2.45. The molecule has 1 unspecified atom stereocenters. The van der Waals surface area contributed by atoms with E-state index in [4.69, 9.17) is 21.4 Å². The van der Waals surface area contributed by atoms with Crippen molar-refractivity contribution in [3.05, 3.63) is 69.2 Å². The number of non-ortho nitro benzene ring substituents is 1. The summed E-state index contributed by atoms with van der Waals surface area (Å²) in [6.45, 7) is 0.401. The van der Waals surface area contributed by atoms with Crippen LogP contribution in [0.5, 0.6) is 5.75 Å². The third-order valence-corrected chi connectivity index (χ3v) is 7.29. The van der Waals surface area contributed by atoms with Gasteiger partial charge in [-0.05, 0) is 24.5 Å². The normalized spacial score (nSPS) is 16.3. The second-order valence-electron chi connectivity index (χ2n) is 7.28. The summed E-state index contributed by atoms with van der Waals surface area (Å²) < 4.78 is 33.0. The van der Waals surface area contributed by atoms with E-state index in [0.717, 1.165) is 0 Å². The Morgan fingerprint density at radius 2 is 1.91 bits per heavy atom. The number of nitrogens with zero attached hydrogens (tertiary/aromatic N) is 2. The van der Waals surface area contributed by atoms with Crippen LogP contribution in [0, 0.1) is 10.1 Å². The van der Waals surface area contributed by atoms with Gasteiger partial charge >= 0.3 is 6.09 Å². The number of halogens is 1. The van der Waals surface area contributed by atoms with E-state index in [1.54, 1.807) is 30.3 Å². The van der Waals surface area contributed by atoms with Crippen molar-refractivity contribution in [2.24, 2.45) is 0 Å². The lowest BCUT2D eigenvalue weighted by molar-refractivity contribution is -0.384. The van der Waals surface area contributed by atoms with Crippen molar-refractivity contribution < 1.29 is 28.0 Å². The van der Waals surface area contributed by atoms with Crippen LogP contribution >= 0.6 is 11.6 Å². The molecule has 12 heteroatoms. The fraction of sp³-hybridized carbons (Fsp3) is 0.350. The number of piperidine rings is 1. The van der Waals surface area contributed by atoms with Gasteiger partial charge in [-0.25, -0.2) is 17.5 Å². The molecule has 1 aliphatic heterocycles. The van der Waals surface area contributed by atoms with Crippen molar-refractivity contribution >= 4 is 33.4 Å². The van der Waals surface area contributed by atoms with Crippen LogP contribution in [0.1, 0.15) is 24.4 Å². The summed E-state index contributed by atoms with van der Waals surface area (Å²) in [5.41, 5.74) is 0.413. The molecule has 0 bridgehead atoms. The fourth-order valence-corrected chi connectivity index (χ4v) is 5.37. The van der Waals surface area contributed by atoms with E-state index in [0.29, 0.717) is 24.2 Å². The van der Waals surface area contributed by atoms with Crippen molar-refractivity contribution in [1.82, 2.24) is 9.62 Å². The topological polar surface area (TPSA) is 139 Å².